The zero-order chi connectivity index (χ0) is 25.1. The lowest BCUT2D eigenvalue weighted by atomic mass is 9.86. The highest BCUT2D eigenvalue weighted by atomic mass is 19.3. The third-order valence-corrected chi connectivity index (χ3v) is 6.90. The van der Waals surface area contributed by atoms with Crippen LogP contribution in [0.4, 0.5) is 19.1 Å². The third kappa shape index (κ3) is 5.22. The third-order valence-electron chi connectivity index (χ3n) is 6.90. The number of carbonyl (C=O) groups excluding carboxylic acids is 1. The molecule has 3 heterocycles. The summed E-state index contributed by atoms with van der Waals surface area (Å²) in [7, 11) is 0. The van der Waals surface area contributed by atoms with E-state index in [0.29, 0.717) is 24.4 Å². The maximum Gasteiger partial charge on any atom is 0.270 e. The van der Waals surface area contributed by atoms with Crippen molar-refractivity contribution in [1.82, 2.24) is 24.7 Å². The summed E-state index contributed by atoms with van der Waals surface area (Å²) in [4.78, 5) is 25.9. The van der Waals surface area contributed by atoms with Crippen LogP contribution in [0.25, 0.3) is 11.2 Å². The molecule has 0 unspecified atom stereocenters. The molecular formula is C26H29F3N6O. The maximum atomic E-state index is 15.0. The first-order valence-corrected chi connectivity index (χ1v) is 12.4. The van der Waals surface area contributed by atoms with Gasteiger partial charge >= 0.3 is 0 Å². The number of rotatable bonds is 7. The van der Waals surface area contributed by atoms with Crippen molar-refractivity contribution >= 4 is 23.1 Å². The van der Waals surface area contributed by atoms with Gasteiger partial charge in [-0.25, -0.2) is 28.1 Å². The molecule has 5 rings (SSSR count). The van der Waals surface area contributed by atoms with Crippen molar-refractivity contribution in [2.45, 2.75) is 63.5 Å². The van der Waals surface area contributed by atoms with Gasteiger partial charge < -0.3 is 10.6 Å². The van der Waals surface area contributed by atoms with E-state index in [0.717, 1.165) is 60.9 Å². The first-order valence-electron chi connectivity index (χ1n) is 12.4. The van der Waals surface area contributed by atoms with Crippen LogP contribution in [0, 0.1) is 0 Å². The smallest absolute Gasteiger partial charge is 0.270 e. The Labute approximate surface area is 207 Å². The Morgan fingerprint density at radius 1 is 1.11 bits per heavy atom. The Bertz CT molecular complexity index is 1280. The van der Waals surface area contributed by atoms with Crippen LogP contribution in [0.2, 0.25) is 0 Å². The van der Waals surface area contributed by atoms with Crippen LogP contribution in [0.1, 0.15) is 72.3 Å². The molecule has 0 aromatic carbocycles. The molecular weight excluding hydrogens is 469 g/mol. The first-order chi connectivity index (χ1) is 17.4. The number of anilines is 1. The van der Waals surface area contributed by atoms with E-state index >= 15 is 4.39 Å². The standard InChI is InChI=1S/C26H29F3N6O/c27-22(28)14-31-24(36)21-13-30-23-9-8-17(15-35(21)23)18-6-2-3-7-20-19(18)12-32-25(34-20)33-16-26(29)10-4-1-5-11-26/h6,8-9,12-13,15,22H,1-5,7,10-11,14,16H2,(H,31,36)(H,32,33,34). The molecule has 2 aliphatic carbocycles. The van der Waals surface area contributed by atoms with Gasteiger partial charge in [0.15, 0.2) is 0 Å². The zero-order valence-electron chi connectivity index (χ0n) is 19.9. The van der Waals surface area contributed by atoms with Crippen molar-refractivity contribution < 1.29 is 18.0 Å². The normalized spacial score (nSPS) is 17.4. The van der Waals surface area contributed by atoms with Gasteiger partial charge in [-0.15, -0.1) is 0 Å². The average molecular weight is 499 g/mol. The van der Waals surface area contributed by atoms with Crippen LogP contribution in [0.15, 0.2) is 36.8 Å². The number of allylic oxidation sites excluding steroid dienone is 1. The minimum Gasteiger partial charge on any atom is -0.351 e. The Balaban J connectivity index is 1.40. The van der Waals surface area contributed by atoms with Gasteiger partial charge in [0.25, 0.3) is 12.3 Å². The van der Waals surface area contributed by atoms with Crippen LogP contribution in [0.5, 0.6) is 0 Å². The molecule has 1 amide bonds. The van der Waals surface area contributed by atoms with Crippen LogP contribution in [-0.2, 0) is 6.42 Å². The number of imidazole rings is 1. The number of nitrogens with zero attached hydrogens (tertiary/aromatic N) is 4. The molecule has 0 aliphatic heterocycles. The molecule has 3 aromatic heterocycles. The molecule has 1 saturated carbocycles. The predicted octanol–water partition coefficient (Wildman–Crippen LogP) is 4.97. The summed E-state index contributed by atoms with van der Waals surface area (Å²) in [6, 6.07) is 3.69. The van der Waals surface area contributed by atoms with Crippen LogP contribution in [-0.4, -0.2) is 50.4 Å². The number of hydrogen-bond acceptors (Lipinski definition) is 5. The molecule has 2 N–H and O–H groups in total. The maximum absolute atomic E-state index is 15.0. The summed E-state index contributed by atoms with van der Waals surface area (Å²) in [5, 5.41) is 5.34. The SMILES string of the molecule is O=C(NCC(F)F)c1cnc2ccc(C3=CCCCc4nc(NCC5(F)CCCCC5)ncc43)cn12. The van der Waals surface area contributed by atoms with Gasteiger partial charge in [-0.05, 0) is 55.4 Å². The van der Waals surface area contributed by atoms with Crippen molar-refractivity contribution in [3.8, 4) is 0 Å². The fourth-order valence-electron chi connectivity index (χ4n) is 4.99. The second-order valence-corrected chi connectivity index (χ2v) is 9.52. The lowest BCUT2D eigenvalue weighted by Gasteiger charge is -2.29. The number of aromatic nitrogens is 4. The number of alkyl halides is 3. The van der Waals surface area contributed by atoms with E-state index in [4.69, 9.17) is 4.98 Å². The number of aryl methyl sites for hydroxylation is 1. The van der Waals surface area contributed by atoms with Gasteiger partial charge in [0.05, 0.1) is 25.0 Å². The number of amides is 1. The number of halogens is 3. The molecule has 0 saturated heterocycles. The zero-order valence-corrected chi connectivity index (χ0v) is 19.9. The van der Waals surface area contributed by atoms with Crippen LogP contribution < -0.4 is 10.6 Å². The lowest BCUT2D eigenvalue weighted by Crippen LogP contribution is -2.34. The lowest BCUT2D eigenvalue weighted by molar-refractivity contribution is 0.0886. The van der Waals surface area contributed by atoms with Crippen LogP contribution >= 0.6 is 0 Å². The van der Waals surface area contributed by atoms with Gasteiger partial charge in [0.2, 0.25) is 5.95 Å². The second kappa shape index (κ2) is 10.3. The summed E-state index contributed by atoms with van der Waals surface area (Å²) in [5.74, 6) is -0.182. The minimum atomic E-state index is -2.63. The van der Waals surface area contributed by atoms with Crippen molar-refractivity contribution in [1.29, 1.82) is 0 Å². The topological polar surface area (TPSA) is 84.2 Å². The second-order valence-electron chi connectivity index (χ2n) is 9.52. The number of carbonyl (C=O) groups is 1. The van der Waals surface area contributed by atoms with Crippen LogP contribution in [0.3, 0.4) is 0 Å². The fourth-order valence-corrected chi connectivity index (χ4v) is 4.99. The molecule has 0 radical (unpaired) electrons. The Morgan fingerprint density at radius 2 is 1.94 bits per heavy atom. The summed E-state index contributed by atoms with van der Waals surface area (Å²) in [5.41, 5.74) is 3.04. The molecule has 1 fully saturated rings. The van der Waals surface area contributed by atoms with Crippen molar-refractivity contribution in [3.63, 3.8) is 0 Å². The Morgan fingerprint density at radius 3 is 2.75 bits per heavy atom. The van der Waals surface area contributed by atoms with E-state index in [1.807, 2.05) is 6.07 Å². The van der Waals surface area contributed by atoms with E-state index in [9.17, 15) is 13.6 Å². The van der Waals surface area contributed by atoms with Crippen molar-refractivity contribution in [2.24, 2.45) is 0 Å². The number of hydrogen-bond donors (Lipinski definition) is 2. The summed E-state index contributed by atoms with van der Waals surface area (Å²) in [6.07, 6.45) is 11.0. The van der Waals surface area contributed by atoms with Gasteiger partial charge in [-0.3, -0.25) is 9.20 Å². The summed E-state index contributed by atoms with van der Waals surface area (Å²) >= 11 is 0. The number of nitrogens with one attached hydrogen (secondary N) is 2. The molecule has 0 spiro atoms. The van der Waals surface area contributed by atoms with Crippen molar-refractivity contribution in [3.05, 3.63) is 59.3 Å². The van der Waals surface area contributed by atoms with Gasteiger partial charge in [0, 0.05) is 18.0 Å². The first kappa shape index (κ1) is 24.3. The fraction of sp³-hybridized carbons (Fsp3) is 0.462. The summed E-state index contributed by atoms with van der Waals surface area (Å²) in [6.45, 7) is -0.510. The quantitative estimate of drug-likeness (QED) is 0.481. The highest BCUT2D eigenvalue weighted by Crippen LogP contribution is 2.33. The molecule has 10 heteroatoms. The monoisotopic (exact) mass is 498 g/mol. The molecule has 2 aliphatic rings. The average Bonchev–Trinajstić information content (AvgIpc) is 3.19. The summed E-state index contributed by atoms with van der Waals surface area (Å²) < 4.78 is 41.7. The van der Waals surface area contributed by atoms with E-state index in [2.05, 4.69) is 26.7 Å². The minimum absolute atomic E-state index is 0.181. The van der Waals surface area contributed by atoms with E-state index in [1.54, 1.807) is 22.9 Å². The Hall–Kier alpha value is -3.43. The number of pyridine rings is 1. The number of fused-ring (bicyclic) bond motifs is 2. The predicted molar refractivity (Wildman–Crippen MR) is 131 cm³/mol. The molecule has 7 nitrogen and oxygen atoms in total. The largest absolute Gasteiger partial charge is 0.351 e. The van der Waals surface area contributed by atoms with Gasteiger partial charge in [-0.1, -0.05) is 25.3 Å². The highest BCUT2D eigenvalue weighted by Gasteiger charge is 2.31. The van der Waals surface area contributed by atoms with E-state index in [-0.39, 0.29) is 12.2 Å². The van der Waals surface area contributed by atoms with Gasteiger partial charge in [-0.2, -0.15) is 0 Å². The Kier molecular flexibility index (Phi) is 6.93. The van der Waals surface area contributed by atoms with E-state index < -0.39 is 24.5 Å². The van der Waals surface area contributed by atoms with E-state index in [1.165, 1.54) is 6.20 Å². The molecule has 3 aromatic rings. The van der Waals surface area contributed by atoms with Gasteiger partial charge in [0.1, 0.15) is 17.0 Å². The van der Waals surface area contributed by atoms with Crippen molar-refractivity contribution in [2.75, 3.05) is 18.4 Å². The molecule has 0 atom stereocenters. The molecule has 36 heavy (non-hydrogen) atoms. The molecule has 0 bridgehead atoms. The highest BCUT2D eigenvalue weighted by molar-refractivity contribution is 5.93. The molecule has 190 valence electrons.